The molecule has 0 saturated carbocycles. The lowest BCUT2D eigenvalue weighted by atomic mass is 10.1. The number of carbonyl (C=O) groups excluding carboxylic acids is 1. The van der Waals surface area contributed by atoms with E-state index in [0.717, 1.165) is 34.5 Å². The minimum absolute atomic E-state index is 0.207. The number of hydrogen-bond acceptors (Lipinski definition) is 3. The van der Waals surface area contributed by atoms with Crippen LogP contribution in [0, 0.1) is 0 Å². The van der Waals surface area contributed by atoms with Gasteiger partial charge in [0, 0.05) is 12.1 Å². The van der Waals surface area contributed by atoms with Gasteiger partial charge >= 0.3 is 6.03 Å². The molecule has 0 aliphatic rings. The molecular weight excluding hydrogens is 330 g/mol. The number of rotatable bonds is 6. The molecule has 0 spiro atoms. The third kappa shape index (κ3) is 4.45. The summed E-state index contributed by atoms with van der Waals surface area (Å²) in [6.07, 6.45) is 2.02. The van der Waals surface area contributed by atoms with E-state index in [9.17, 15) is 4.79 Å². The van der Waals surface area contributed by atoms with Gasteiger partial charge in [-0.05, 0) is 12.0 Å². The number of aromatic nitrogens is 1. The van der Waals surface area contributed by atoms with Crippen LogP contribution < -0.4 is 10.6 Å². The molecule has 1 aromatic heterocycles. The van der Waals surface area contributed by atoms with Crippen molar-refractivity contribution >= 4 is 22.5 Å². The van der Waals surface area contributed by atoms with Crippen LogP contribution in [0.4, 0.5) is 9.93 Å². The first-order valence-electron chi connectivity index (χ1n) is 8.44. The molecule has 25 heavy (non-hydrogen) atoms. The Morgan fingerprint density at radius 3 is 2.28 bits per heavy atom. The lowest BCUT2D eigenvalue weighted by Gasteiger charge is -2.03. The van der Waals surface area contributed by atoms with E-state index in [4.69, 9.17) is 0 Å². The quantitative estimate of drug-likeness (QED) is 0.584. The molecule has 5 heteroatoms. The van der Waals surface area contributed by atoms with Crippen molar-refractivity contribution in [2.24, 2.45) is 0 Å². The van der Waals surface area contributed by atoms with Gasteiger partial charge in [-0.3, -0.25) is 5.32 Å². The van der Waals surface area contributed by atoms with Crippen LogP contribution in [0.2, 0.25) is 0 Å². The van der Waals surface area contributed by atoms with Gasteiger partial charge in [0.15, 0.2) is 5.13 Å². The number of thiazole rings is 1. The van der Waals surface area contributed by atoms with Crippen LogP contribution >= 0.6 is 11.3 Å². The number of nitrogens with zero attached hydrogens (tertiary/aromatic N) is 1. The van der Waals surface area contributed by atoms with Gasteiger partial charge in [-0.1, -0.05) is 85.3 Å². The van der Waals surface area contributed by atoms with E-state index in [1.807, 2.05) is 48.5 Å². The molecule has 2 aromatic carbocycles. The number of nitrogens with one attached hydrogen (secondary N) is 2. The minimum atomic E-state index is -0.207. The van der Waals surface area contributed by atoms with E-state index in [1.54, 1.807) is 0 Å². The first kappa shape index (κ1) is 17.2. The fourth-order valence-electron chi connectivity index (χ4n) is 2.47. The topological polar surface area (TPSA) is 54.0 Å². The van der Waals surface area contributed by atoms with E-state index >= 15 is 0 Å². The Bertz CT molecular complexity index is 758. The number of urea groups is 1. The second-order valence-electron chi connectivity index (χ2n) is 5.66. The summed E-state index contributed by atoms with van der Waals surface area (Å²) in [6, 6.07) is 20.0. The van der Waals surface area contributed by atoms with Gasteiger partial charge < -0.3 is 5.32 Å². The Morgan fingerprint density at radius 2 is 1.64 bits per heavy atom. The summed E-state index contributed by atoms with van der Waals surface area (Å²) in [5.41, 5.74) is 3.02. The average Bonchev–Trinajstić information content (AvgIpc) is 3.07. The van der Waals surface area contributed by atoms with E-state index in [1.165, 1.54) is 11.3 Å². The van der Waals surface area contributed by atoms with Crippen LogP contribution in [0.25, 0.3) is 21.7 Å². The number of hydrogen-bond donors (Lipinski definition) is 2. The van der Waals surface area contributed by atoms with E-state index < -0.39 is 0 Å². The molecule has 0 fully saturated rings. The van der Waals surface area contributed by atoms with Crippen LogP contribution in [0.15, 0.2) is 60.7 Å². The normalized spacial score (nSPS) is 10.4. The highest BCUT2D eigenvalue weighted by Crippen LogP contribution is 2.38. The number of unbranched alkanes of at least 4 members (excludes halogenated alkanes) is 1. The van der Waals surface area contributed by atoms with Crippen molar-refractivity contribution in [3.63, 3.8) is 0 Å². The summed E-state index contributed by atoms with van der Waals surface area (Å²) in [5, 5.41) is 6.32. The fourth-order valence-corrected chi connectivity index (χ4v) is 3.46. The monoisotopic (exact) mass is 351 g/mol. The molecule has 0 radical (unpaired) electrons. The summed E-state index contributed by atoms with van der Waals surface area (Å²) < 4.78 is 0. The van der Waals surface area contributed by atoms with Crippen molar-refractivity contribution in [2.75, 3.05) is 11.9 Å². The summed E-state index contributed by atoms with van der Waals surface area (Å²) >= 11 is 1.49. The summed E-state index contributed by atoms with van der Waals surface area (Å²) in [5.74, 6) is 0. The van der Waals surface area contributed by atoms with Crippen molar-refractivity contribution < 1.29 is 4.79 Å². The van der Waals surface area contributed by atoms with Gasteiger partial charge in [-0.25, -0.2) is 9.78 Å². The SMILES string of the molecule is CCCCNC(=O)Nc1nc(-c2ccccc2)c(-c2ccccc2)s1. The van der Waals surface area contributed by atoms with Gasteiger partial charge in [-0.15, -0.1) is 0 Å². The zero-order valence-corrected chi connectivity index (χ0v) is 15.0. The standard InChI is InChI=1S/C20H21N3OS/c1-2-3-14-21-19(24)23-20-22-17(15-10-6-4-7-11-15)18(25-20)16-12-8-5-9-13-16/h4-13H,2-3,14H2,1H3,(H2,21,22,23,24). The maximum absolute atomic E-state index is 12.0. The smallest absolute Gasteiger partial charge is 0.321 e. The highest BCUT2D eigenvalue weighted by molar-refractivity contribution is 7.19. The lowest BCUT2D eigenvalue weighted by molar-refractivity contribution is 0.252. The molecular formula is C20H21N3OS. The van der Waals surface area contributed by atoms with Crippen LogP contribution in [-0.2, 0) is 0 Å². The minimum Gasteiger partial charge on any atom is -0.338 e. The van der Waals surface area contributed by atoms with Crippen LogP contribution in [0.3, 0.4) is 0 Å². The van der Waals surface area contributed by atoms with Crippen molar-refractivity contribution in [2.45, 2.75) is 19.8 Å². The zero-order valence-electron chi connectivity index (χ0n) is 14.2. The largest absolute Gasteiger partial charge is 0.338 e. The zero-order chi connectivity index (χ0) is 17.5. The highest BCUT2D eigenvalue weighted by Gasteiger charge is 2.16. The number of anilines is 1. The number of amides is 2. The molecule has 0 aliphatic carbocycles. The lowest BCUT2D eigenvalue weighted by Crippen LogP contribution is -2.29. The van der Waals surface area contributed by atoms with Gasteiger partial charge in [0.2, 0.25) is 0 Å². The average molecular weight is 351 g/mol. The summed E-state index contributed by atoms with van der Waals surface area (Å²) in [4.78, 5) is 17.7. The molecule has 0 saturated heterocycles. The molecule has 1 heterocycles. The first-order valence-corrected chi connectivity index (χ1v) is 9.26. The molecule has 2 N–H and O–H groups in total. The van der Waals surface area contributed by atoms with Gasteiger partial charge in [-0.2, -0.15) is 0 Å². The molecule has 0 aliphatic heterocycles. The van der Waals surface area contributed by atoms with Gasteiger partial charge in [0.25, 0.3) is 0 Å². The Labute approximate surface area is 151 Å². The third-order valence-corrected chi connectivity index (χ3v) is 4.77. The molecule has 0 unspecified atom stereocenters. The Balaban J connectivity index is 1.89. The molecule has 3 rings (SSSR count). The molecule has 2 amide bonds. The van der Waals surface area contributed by atoms with Crippen molar-refractivity contribution in [3.8, 4) is 21.7 Å². The molecule has 0 atom stereocenters. The van der Waals surface area contributed by atoms with Crippen molar-refractivity contribution in [1.29, 1.82) is 0 Å². The number of carbonyl (C=O) groups is 1. The second kappa shape index (κ2) is 8.44. The molecule has 128 valence electrons. The number of benzene rings is 2. The Morgan fingerprint density at radius 1 is 1.00 bits per heavy atom. The Hall–Kier alpha value is -2.66. The predicted molar refractivity (Wildman–Crippen MR) is 105 cm³/mol. The summed E-state index contributed by atoms with van der Waals surface area (Å²) in [6.45, 7) is 2.77. The van der Waals surface area contributed by atoms with Gasteiger partial charge in [0.05, 0.1) is 10.6 Å². The predicted octanol–water partition coefficient (Wildman–Crippen LogP) is 5.40. The van der Waals surface area contributed by atoms with E-state index in [0.29, 0.717) is 11.7 Å². The van der Waals surface area contributed by atoms with Crippen LogP contribution in [0.1, 0.15) is 19.8 Å². The van der Waals surface area contributed by atoms with E-state index in [-0.39, 0.29) is 6.03 Å². The maximum Gasteiger partial charge on any atom is 0.321 e. The third-order valence-electron chi connectivity index (χ3n) is 3.75. The van der Waals surface area contributed by atoms with E-state index in [2.05, 4.69) is 34.7 Å². The molecule has 3 aromatic rings. The Kier molecular flexibility index (Phi) is 5.80. The maximum atomic E-state index is 12.0. The highest BCUT2D eigenvalue weighted by atomic mass is 32.1. The first-order chi connectivity index (χ1) is 12.3. The fraction of sp³-hybridized carbons (Fsp3) is 0.200. The van der Waals surface area contributed by atoms with Crippen LogP contribution in [0.5, 0.6) is 0 Å². The second-order valence-corrected chi connectivity index (χ2v) is 6.66. The molecule has 4 nitrogen and oxygen atoms in total. The van der Waals surface area contributed by atoms with Crippen LogP contribution in [-0.4, -0.2) is 17.6 Å². The molecule has 0 bridgehead atoms. The van der Waals surface area contributed by atoms with Crippen molar-refractivity contribution in [1.82, 2.24) is 10.3 Å². The van der Waals surface area contributed by atoms with Gasteiger partial charge in [0.1, 0.15) is 0 Å². The summed E-state index contributed by atoms with van der Waals surface area (Å²) in [7, 11) is 0. The van der Waals surface area contributed by atoms with Crippen molar-refractivity contribution in [3.05, 3.63) is 60.7 Å².